The summed E-state index contributed by atoms with van der Waals surface area (Å²) in [6, 6.07) is 8.10. The molecule has 1 aromatic carbocycles. The molecule has 1 aromatic heterocycles. The second kappa shape index (κ2) is 7.67. The smallest absolute Gasteiger partial charge is 0.0705 e. The van der Waals surface area contributed by atoms with Crippen molar-refractivity contribution in [3.63, 3.8) is 0 Å². The number of ether oxygens (including phenoxy) is 1. The zero-order valence-electron chi connectivity index (χ0n) is 12.2. The van der Waals surface area contributed by atoms with Crippen molar-refractivity contribution in [2.24, 2.45) is 5.92 Å². The SMILES string of the molecule is CC(C)COCCCNCc1[nH]c2ccccc2c1Cl. The van der Waals surface area contributed by atoms with Gasteiger partial charge in [-0.15, -0.1) is 0 Å². The summed E-state index contributed by atoms with van der Waals surface area (Å²) >= 11 is 6.36. The van der Waals surface area contributed by atoms with Crippen LogP contribution in [0.3, 0.4) is 0 Å². The molecule has 3 nitrogen and oxygen atoms in total. The van der Waals surface area contributed by atoms with Gasteiger partial charge in [-0.3, -0.25) is 0 Å². The number of nitrogens with one attached hydrogen (secondary N) is 2. The highest BCUT2D eigenvalue weighted by Gasteiger charge is 2.07. The number of aromatic amines is 1. The zero-order valence-corrected chi connectivity index (χ0v) is 13.0. The van der Waals surface area contributed by atoms with Crippen LogP contribution in [0.4, 0.5) is 0 Å². The lowest BCUT2D eigenvalue weighted by atomic mass is 10.2. The fraction of sp³-hybridized carbons (Fsp3) is 0.500. The van der Waals surface area contributed by atoms with E-state index in [4.69, 9.17) is 16.3 Å². The van der Waals surface area contributed by atoms with E-state index in [1.165, 1.54) is 0 Å². The summed E-state index contributed by atoms with van der Waals surface area (Å²) in [4.78, 5) is 3.36. The predicted molar refractivity (Wildman–Crippen MR) is 85.3 cm³/mol. The Bertz CT molecular complexity index is 536. The Balaban J connectivity index is 1.72. The van der Waals surface area contributed by atoms with E-state index >= 15 is 0 Å². The van der Waals surface area contributed by atoms with E-state index in [1.807, 2.05) is 24.3 Å². The van der Waals surface area contributed by atoms with Crippen LogP contribution in [0.5, 0.6) is 0 Å². The first-order valence-electron chi connectivity index (χ1n) is 7.22. The van der Waals surface area contributed by atoms with E-state index in [0.29, 0.717) is 5.92 Å². The number of rotatable bonds is 8. The van der Waals surface area contributed by atoms with E-state index < -0.39 is 0 Å². The molecule has 0 saturated heterocycles. The number of H-pyrrole nitrogens is 1. The minimum atomic E-state index is 0.605. The van der Waals surface area contributed by atoms with Gasteiger partial charge in [0.1, 0.15) is 0 Å². The van der Waals surface area contributed by atoms with Crippen LogP contribution < -0.4 is 5.32 Å². The van der Waals surface area contributed by atoms with Crippen molar-refractivity contribution in [1.82, 2.24) is 10.3 Å². The van der Waals surface area contributed by atoms with Crippen molar-refractivity contribution in [3.05, 3.63) is 35.0 Å². The maximum atomic E-state index is 6.36. The van der Waals surface area contributed by atoms with Crippen LogP contribution >= 0.6 is 11.6 Å². The van der Waals surface area contributed by atoms with Gasteiger partial charge >= 0.3 is 0 Å². The molecule has 1 heterocycles. The van der Waals surface area contributed by atoms with E-state index in [2.05, 4.69) is 24.1 Å². The molecular weight excluding hydrogens is 272 g/mol. The molecule has 0 aliphatic rings. The molecule has 20 heavy (non-hydrogen) atoms. The topological polar surface area (TPSA) is 37.0 Å². The molecule has 2 aromatic rings. The van der Waals surface area contributed by atoms with Crippen molar-refractivity contribution in [2.75, 3.05) is 19.8 Å². The van der Waals surface area contributed by atoms with E-state index in [9.17, 15) is 0 Å². The standard InChI is InChI=1S/C16H23ClN2O/c1-12(2)11-20-9-5-8-18-10-15-16(17)13-6-3-4-7-14(13)19-15/h3-4,6-7,12,18-19H,5,8-11H2,1-2H3. The number of benzene rings is 1. The summed E-state index contributed by atoms with van der Waals surface area (Å²) in [5, 5.41) is 5.31. The molecule has 0 saturated carbocycles. The molecule has 0 amide bonds. The first-order chi connectivity index (χ1) is 9.68. The van der Waals surface area contributed by atoms with Gasteiger partial charge in [0.25, 0.3) is 0 Å². The summed E-state index contributed by atoms with van der Waals surface area (Å²) in [6.07, 6.45) is 1.02. The summed E-state index contributed by atoms with van der Waals surface area (Å²) < 4.78 is 5.55. The number of halogens is 1. The van der Waals surface area contributed by atoms with Gasteiger partial charge in [-0.05, 0) is 24.9 Å². The van der Waals surface area contributed by atoms with Crippen molar-refractivity contribution >= 4 is 22.5 Å². The molecule has 0 bridgehead atoms. The predicted octanol–water partition coefficient (Wildman–Crippen LogP) is 3.97. The van der Waals surface area contributed by atoms with Gasteiger partial charge in [0.15, 0.2) is 0 Å². The van der Waals surface area contributed by atoms with Gasteiger partial charge in [0.05, 0.1) is 5.02 Å². The van der Waals surface area contributed by atoms with E-state index in [0.717, 1.165) is 54.3 Å². The molecule has 0 spiro atoms. The summed E-state index contributed by atoms with van der Waals surface area (Å²) in [5.74, 6) is 0.605. The molecular formula is C16H23ClN2O. The van der Waals surface area contributed by atoms with Gasteiger partial charge in [-0.1, -0.05) is 43.6 Å². The fourth-order valence-corrected chi connectivity index (χ4v) is 2.40. The fourth-order valence-electron chi connectivity index (χ4n) is 2.12. The number of fused-ring (bicyclic) bond motifs is 1. The zero-order chi connectivity index (χ0) is 14.4. The molecule has 0 aliphatic carbocycles. The highest BCUT2D eigenvalue weighted by atomic mass is 35.5. The number of hydrogen-bond acceptors (Lipinski definition) is 2. The average molecular weight is 295 g/mol. The van der Waals surface area contributed by atoms with E-state index in [1.54, 1.807) is 0 Å². The number of aromatic nitrogens is 1. The molecule has 2 rings (SSSR count). The Morgan fingerprint density at radius 1 is 1.30 bits per heavy atom. The third-order valence-electron chi connectivity index (χ3n) is 3.11. The van der Waals surface area contributed by atoms with Crippen LogP contribution in [0.15, 0.2) is 24.3 Å². The highest BCUT2D eigenvalue weighted by Crippen LogP contribution is 2.26. The lowest BCUT2D eigenvalue weighted by molar-refractivity contribution is 0.108. The van der Waals surface area contributed by atoms with Crippen molar-refractivity contribution in [1.29, 1.82) is 0 Å². The Morgan fingerprint density at radius 2 is 2.10 bits per heavy atom. The van der Waals surface area contributed by atoms with Crippen LogP contribution in [-0.2, 0) is 11.3 Å². The Hall–Kier alpha value is -1.03. The van der Waals surface area contributed by atoms with Gasteiger partial charge in [0, 0.05) is 36.4 Å². The molecule has 0 atom stereocenters. The normalized spacial score (nSPS) is 11.6. The van der Waals surface area contributed by atoms with Crippen molar-refractivity contribution in [2.45, 2.75) is 26.8 Å². The Morgan fingerprint density at radius 3 is 2.85 bits per heavy atom. The van der Waals surface area contributed by atoms with Crippen molar-refractivity contribution in [3.8, 4) is 0 Å². The second-order valence-electron chi connectivity index (χ2n) is 5.46. The van der Waals surface area contributed by atoms with Gasteiger partial charge in [0.2, 0.25) is 0 Å². The molecule has 0 unspecified atom stereocenters. The summed E-state index contributed by atoms with van der Waals surface area (Å²) in [5.41, 5.74) is 2.14. The summed E-state index contributed by atoms with van der Waals surface area (Å²) in [7, 11) is 0. The maximum Gasteiger partial charge on any atom is 0.0705 e. The molecule has 4 heteroatoms. The third kappa shape index (κ3) is 4.23. The van der Waals surface area contributed by atoms with Gasteiger partial charge < -0.3 is 15.0 Å². The number of hydrogen-bond donors (Lipinski definition) is 2. The van der Waals surface area contributed by atoms with Gasteiger partial charge in [-0.2, -0.15) is 0 Å². The van der Waals surface area contributed by atoms with Crippen molar-refractivity contribution < 1.29 is 4.74 Å². The van der Waals surface area contributed by atoms with Crippen LogP contribution in [0.25, 0.3) is 10.9 Å². The lowest BCUT2D eigenvalue weighted by Crippen LogP contribution is -2.17. The van der Waals surface area contributed by atoms with Gasteiger partial charge in [-0.25, -0.2) is 0 Å². The van der Waals surface area contributed by atoms with Crippen LogP contribution in [0.2, 0.25) is 5.02 Å². The monoisotopic (exact) mass is 294 g/mol. The average Bonchev–Trinajstić information content (AvgIpc) is 2.75. The van der Waals surface area contributed by atoms with Crippen LogP contribution in [-0.4, -0.2) is 24.7 Å². The second-order valence-corrected chi connectivity index (χ2v) is 5.84. The Labute approximate surface area is 125 Å². The first-order valence-corrected chi connectivity index (χ1v) is 7.60. The summed E-state index contributed by atoms with van der Waals surface area (Å²) in [6.45, 7) is 7.67. The largest absolute Gasteiger partial charge is 0.381 e. The van der Waals surface area contributed by atoms with Crippen LogP contribution in [0, 0.1) is 5.92 Å². The maximum absolute atomic E-state index is 6.36. The van der Waals surface area contributed by atoms with Crippen LogP contribution in [0.1, 0.15) is 26.0 Å². The third-order valence-corrected chi connectivity index (χ3v) is 3.54. The molecule has 110 valence electrons. The molecule has 0 fully saturated rings. The lowest BCUT2D eigenvalue weighted by Gasteiger charge is -2.07. The quantitative estimate of drug-likeness (QED) is 0.723. The molecule has 2 N–H and O–H groups in total. The first kappa shape index (κ1) is 15.4. The minimum absolute atomic E-state index is 0.605. The minimum Gasteiger partial charge on any atom is -0.381 e. The number of para-hydroxylation sites is 1. The van der Waals surface area contributed by atoms with E-state index in [-0.39, 0.29) is 0 Å². The molecule has 0 radical (unpaired) electrons. The molecule has 0 aliphatic heterocycles. The Kier molecular flexibility index (Phi) is 5.89. The highest BCUT2D eigenvalue weighted by molar-refractivity contribution is 6.36.